The van der Waals surface area contributed by atoms with E-state index in [2.05, 4.69) is 0 Å². The Kier molecular flexibility index (Phi) is 78.3. The molecule has 10 heteroatoms. The molecule has 0 radical (unpaired) electrons. The van der Waals surface area contributed by atoms with E-state index in [0.29, 0.717) is 0 Å². The Morgan fingerprint density at radius 3 is 0.900 bits per heavy atom. The smallest absolute Gasteiger partial charge is 2.00 e. The molecule has 0 aliphatic rings. The van der Waals surface area contributed by atoms with Crippen LogP contribution in [-0.2, 0) is 44.2 Å². The predicted molar refractivity (Wildman–Crippen MR) is 19.9 cm³/mol. The van der Waals surface area contributed by atoms with E-state index in [1.807, 2.05) is 0 Å². The van der Waals surface area contributed by atoms with E-state index in [0.717, 1.165) is 0 Å². The minimum absolute atomic E-state index is 0. The van der Waals surface area contributed by atoms with Gasteiger partial charge in [0.15, 0.2) is 0 Å². The third-order valence-corrected chi connectivity index (χ3v) is 0. The Balaban J connectivity index is -0.00000000800. The molecule has 0 atom stereocenters. The summed E-state index contributed by atoms with van der Waals surface area (Å²) in [7, 11) is -4.67. The van der Waals surface area contributed by atoms with E-state index >= 15 is 0 Å². The van der Waals surface area contributed by atoms with Crippen LogP contribution in [0, 0.1) is 0 Å². The fourth-order valence-corrected chi connectivity index (χ4v) is 0. The van der Waals surface area contributed by atoms with Crippen LogP contribution in [0.3, 0.4) is 0 Å². The van der Waals surface area contributed by atoms with Gasteiger partial charge in [-0.25, -0.2) is 0 Å². The van der Waals surface area contributed by atoms with Crippen LogP contribution in [0.5, 0.6) is 0 Å². The number of hydrogen-bond acceptors (Lipinski definition) is 2. The first-order valence-electron chi connectivity index (χ1n) is 0.698. The van der Waals surface area contributed by atoms with Gasteiger partial charge in [0.1, 0.15) is 0 Å². The zero-order valence-electron chi connectivity index (χ0n) is 4.25. The van der Waals surface area contributed by atoms with E-state index in [-0.39, 0.29) is 39.3 Å². The summed E-state index contributed by atoms with van der Waals surface area (Å²) in [4.78, 5) is 0. The molecular formula is H4CrO8S. The topological polar surface area (TPSA) is 192 Å². The first-order valence-corrected chi connectivity index (χ1v) is 2.10. The van der Waals surface area contributed by atoms with Gasteiger partial charge in [0.25, 0.3) is 0 Å². The molecule has 0 rings (SSSR count). The van der Waals surface area contributed by atoms with Gasteiger partial charge in [0.05, 0.1) is 0 Å². The second-order valence-electron chi connectivity index (χ2n) is 0.448. The summed E-state index contributed by atoms with van der Waals surface area (Å²) in [6.45, 7) is 0. The monoisotopic (exact) mass is 216 g/mol. The van der Waals surface area contributed by atoms with Crippen molar-refractivity contribution in [3.05, 3.63) is 0 Å². The minimum atomic E-state index is -4.67. The molecule has 0 spiro atoms. The molecule has 0 aromatic carbocycles. The van der Waals surface area contributed by atoms with Crippen LogP contribution >= 0.6 is 0 Å². The second kappa shape index (κ2) is 16.1. The molecule has 8 nitrogen and oxygen atoms in total. The summed E-state index contributed by atoms with van der Waals surface area (Å²) in [6, 6.07) is 0. The van der Waals surface area contributed by atoms with E-state index in [1.165, 1.54) is 0 Å². The maximum Gasteiger partial charge on any atom is 6.00 e. The maximum atomic E-state index is 8.74. The molecule has 4 N–H and O–H groups in total. The van der Waals surface area contributed by atoms with Gasteiger partial charge in [0.2, 0.25) is 0 Å². The molecule has 0 amide bonds. The molecule has 64 valence electrons. The van der Waals surface area contributed by atoms with E-state index < -0.39 is 10.4 Å². The Bertz CT molecular complexity index is 92.4. The summed E-state index contributed by atoms with van der Waals surface area (Å²) >= 11 is 0. The van der Waals surface area contributed by atoms with Crippen molar-refractivity contribution in [3.63, 3.8) is 0 Å². The van der Waals surface area contributed by atoms with Crippen LogP contribution in [0.1, 0.15) is 0 Å². The summed E-state index contributed by atoms with van der Waals surface area (Å²) in [5.41, 5.74) is 0. The van der Waals surface area contributed by atoms with E-state index in [4.69, 9.17) is 17.5 Å². The van der Waals surface area contributed by atoms with Gasteiger partial charge < -0.3 is 21.9 Å². The quantitative estimate of drug-likeness (QED) is 0.449. The third-order valence-electron chi connectivity index (χ3n) is 0. The van der Waals surface area contributed by atoms with Crippen molar-refractivity contribution in [3.8, 4) is 0 Å². The van der Waals surface area contributed by atoms with Crippen LogP contribution in [0.2, 0.25) is 0 Å². The molecule has 0 aromatic rings. The Morgan fingerprint density at radius 2 is 0.900 bits per heavy atom. The molecule has 0 saturated carbocycles. The van der Waals surface area contributed by atoms with Gasteiger partial charge in [-0.3, -0.25) is 9.11 Å². The van der Waals surface area contributed by atoms with Crippen molar-refractivity contribution in [1.82, 2.24) is 0 Å². The van der Waals surface area contributed by atoms with Crippen LogP contribution in [-0.4, -0.2) is 23.0 Å². The van der Waals surface area contributed by atoms with Crippen LogP contribution in [0.15, 0.2) is 0 Å². The molecule has 0 fully saturated rings. The molecule has 0 aromatic heterocycles. The number of rotatable bonds is 0. The van der Waals surface area contributed by atoms with Gasteiger partial charge in [-0.15, -0.1) is 0 Å². The number of hydrogen-bond donors (Lipinski definition) is 2. The standard InChI is InChI=1S/Cr.H2O4S.H2O.3O/c;1-5(2,3)4;;;;/h;(H2,1,2,3,4);1H2;;;/q+6;;;3*-2. The molecule has 10 heavy (non-hydrogen) atoms. The average Bonchev–Trinajstić information content (AvgIpc) is 0.722. The van der Waals surface area contributed by atoms with E-state index in [9.17, 15) is 0 Å². The van der Waals surface area contributed by atoms with Crippen molar-refractivity contribution in [2.75, 3.05) is 0 Å². The van der Waals surface area contributed by atoms with Crippen molar-refractivity contribution in [2.45, 2.75) is 0 Å². The summed E-state index contributed by atoms with van der Waals surface area (Å²) in [5.74, 6) is 0. The molecular weight excluding hydrogens is 212 g/mol. The van der Waals surface area contributed by atoms with Crippen molar-refractivity contribution in [1.29, 1.82) is 0 Å². The van der Waals surface area contributed by atoms with Gasteiger partial charge in [0, 0.05) is 0 Å². The van der Waals surface area contributed by atoms with E-state index in [1.54, 1.807) is 0 Å². The zero-order chi connectivity index (χ0) is 4.50. The third kappa shape index (κ3) is 7350. The predicted octanol–water partition coefficient (Wildman–Crippen LogP) is -1.84. The average molecular weight is 216 g/mol. The Morgan fingerprint density at radius 1 is 0.900 bits per heavy atom. The zero-order valence-corrected chi connectivity index (χ0v) is 6.34. The Labute approximate surface area is 67.8 Å². The van der Waals surface area contributed by atoms with Crippen LogP contribution < -0.4 is 0 Å². The van der Waals surface area contributed by atoms with Gasteiger partial charge in [-0.2, -0.15) is 8.42 Å². The fourth-order valence-electron chi connectivity index (χ4n) is 0. The van der Waals surface area contributed by atoms with Crippen LogP contribution in [0.25, 0.3) is 0 Å². The Hall–Kier alpha value is 0.242. The van der Waals surface area contributed by atoms with Gasteiger partial charge in [-0.1, -0.05) is 0 Å². The second-order valence-corrected chi connectivity index (χ2v) is 1.34. The maximum absolute atomic E-state index is 8.74. The molecule has 0 unspecified atom stereocenters. The SMILES string of the molecule is O.O=S(=O)(O)O.[Cr+6].[O-2].[O-2].[O-2]. The normalized spacial score (nSPS) is 5.80. The minimum Gasteiger partial charge on any atom is -2.00 e. The molecule has 0 heterocycles. The molecule has 0 saturated heterocycles. The van der Waals surface area contributed by atoms with Gasteiger partial charge in [-0.05, 0) is 0 Å². The van der Waals surface area contributed by atoms with Crippen LogP contribution in [0.4, 0.5) is 0 Å². The fraction of sp³-hybridized carbons (Fsp3) is 0. The van der Waals surface area contributed by atoms with Gasteiger partial charge >= 0.3 is 27.8 Å². The first kappa shape index (κ1) is 48.6. The van der Waals surface area contributed by atoms with Crippen molar-refractivity contribution in [2.24, 2.45) is 0 Å². The largest absolute Gasteiger partial charge is 6.00 e. The molecule has 0 aliphatic heterocycles. The summed E-state index contributed by atoms with van der Waals surface area (Å²) in [6.07, 6.45) is 0. The summed E-state index contributed by atoms with van der Waals surface area (Å²) < 4.78 is 31.6. The molecule has 0 aliphatic carbocycles. The van der Waals surface area contributed by atoms with Crippen molar-refractivity contribution >= 4 is 10.4 Å². The first-order chi connectivity index (χ1) is 2.00. The molecule has 0 bridgehead atoms. The summed E-state index contributed by atoms with van der Waals surface area (Å²) in [5, 5.41) is 0. The van der Waals surface area contributed by atoms with Crippen molar-refractivity contribution < 1.29 is 56.8 Å².